The van der Waals surface area contributed by atoms with Crippen LogP contribution in [-0.2, 0) is 14.4 Å². The molecule has 3 rings (SSSR count). The van der Waals surface area contributed by atoms with Crippen molar-refractivity contribution in [2.24, 2.45) is 0 Å². The highest BCUT2D eigenvalue weighted by molar-refractivity contribution is 6.34. The quantitative estimate of drug-likeness (QED) is 0.801. The maximum Gasteiger partial charge on any atom is 0.261 e. The Morgan fingerprint density at radius 1 is 1.23 bits per heavy atom. The van der Waals surface area contributed by atoms with Gasteiger partial charge in [0.05, 0.1) is 10.7 Å². The lowest BCUT2D eigenvalue weighted by molar-refractivity contribution is -0.127. The van der Waals surface area contributed by atoms with Gasteiger partial charge in [-0.25, -0.2) is 4.90 Å². The molecular formula is C19H21ClN2O4. The number of imide groups is 1. The van der Waals surface area contributed by atoms with Crippen LogP contribution in [0.3, 0.4) is 0 Å². The predicted molar refractivity (Wildman–Crippen MR) is 98.2 cm³/mol. The Morgan fingerprint density at radius 3 is 2.42 bits per heavy atom. The van der Waals surface area contributed by atoms with Crippen molar-refractivity contribution in [1.29, 1.82) is 0 Å². The molecule has 0 fully saturated rings. The first-order valence-electron chi connectivity index (χ1n) is 8.78. The number of anilines is 1. The fourth-order valence-electron chi connectivity index (χ4n) is 3.26. The minimum atomic E-state index is -0.751. The summed E-state index contributed by atoms with van der Waals surface area (Å²) in [6.07, 6.45) is 2.37. The van der Waals surface area contributed by atoms with Crippen LogP contribution in [0.4, 0.5) is 5.69 Å². The molecule has 26 heavy (non-hydrogen) atoms. The van der Waals surface area contributed by atoms with Crippen LogP contribution in [0.15, 0.2) is 29.3 Å². The van der Waals surface area contributed by atoms with Crippen LogP contribution >= 0.6 is 11.6 Å². The van der Waals surface area contributed by atoms with Gasteiger partial charge in [0.2, 0.25) is 0 Å². The van der Waals surface area contributed by atoms with E-state index in [1.165, 1.54) is 11.0 Å². The van der Waals surface area contributed by atoms with E-state index in [0.717, 1.165) is 12.8 Å². The van der Waals surface area contributed by atoms with Crippen LogP contribution in [0.1, 0.15) is 39.5 Å². The second-order valence-corrected chi connectivity index (χ2v) is 6.79. The molecule has 1 unspecified atom stereocenters. The Hall–Kier alpha value is -2.34. The molecule has 1 N–H and O–H groups in total. The van der Waals surface area contributed by atoms with Crippen molar-refractivity contribution in [3.63, 3.8) is 0 Å². The molecule has 1 aromatic carbocycles. The zero-order valence-electron chi connectivity index (χ0n) is 14.8. The van der Waals surface area contributed by atoms with Gasteiger partial charge in [0.25, 0.3) is 17.7 Å². The SMILES string of the molecule is CCNC(=O)C(C)Oc1cc(N2C(=O)C3=C(CCCC3)C2=O)ccc1Cl. The van der Waals surface area contributed by atoms with Gasteiger partial charge in [-0.05, 0) is 51.7 Å². The first-order valence-corrected chi connectivity index (χ1v) is 9.16. The number of rotatable bonds is 5. The lowest BCUT2D eigenvalue weighted by Crippen LogP contribution is -2.36. The molecule has 1 heterocycles. The average molecular weight is 377 g/mol. The van der Waals surface area contributed by atoms with Gasteiger partial charge in [-0.15, -0.1) is 0 Å². The lowest BCUT2D eigenvalue weighted by atomic mass is 9.93. The van der Waals surface area contributed by atoms with Gasteiger partial charge in [0.15, 0.2) is 6.10 Å². The molecule has 138 valence electrons. The Kier molecular flexibility index (Phi) is 5.32. The average Bonchev–Trinajstić information content (AvgIpc) is 2.88. The molecule has 3 amide bonds. The predicted octanol–water partition coefficient (Wildman–Crippen LogP) is 2.99. The second-order valence-electron chi connectivity index (χ2n) is 6.38. The summed E-state index contributed by atoms with van der Waals surface area (Å²) in [6, 6.07) is 4.71. The van der Waals surface area contributed by atoms with E-state index in [9.17, 15) is 14.4 Å². The van der Waals surface area contributed by atoms with Gasteiger partial charge in [-0.3, -0.25) is 14.4 Å². The van der Waals surface area contributed by atoms with Crippen LogP contribution in [0.5, 0.6) is 5.75 Å². The fraction of sp³-hybridized carbons (Fsp3) is 0.421. The molecule has 2 aliphatic rings. The van der Waals surface area contributed by atoms with E-state index < -0.39 is 6.10 Å². The Bertz CT molecular complexity index is 775. The Morgan fingerprint density at radius 2 is 1.85 bits per heavy atom. The van der Waals surface area contributed by atoms with Gasteiger partial charge >= 0.3 is 0 Å². The van der Waals surface area contributed by atoms with E-state index >= 15 is 0 Å². The normalized spacial score (nSPS) is 18.0. The molecule has 0 saturated carbocycles. The van der Waals surface area contributed by atoms with Crippen molar-refractivity contribution in [2.45, 2.75) is 45.6 Å². The molecule has 0 bridgehead atoms. The molecule has 6 nitrogen and oxygen atoms in total. The van der Waals surface area contributed by atoms with Gasteiger partial charge in [0, 0.05) is 23.8 Å². The molecule has 1 aliphatic carbocycles. The van der Waals surface area contributed by atoms with E-state index in [0.29, 0.717) is 41.2 Å². The van der Waals surface area contributed by atoms with Crippen molar-refractivity contribution in [3.8, 4) is 5.75 Å². The number of nitrogens with one attached hydrogen (secondary N) is 1. The number of halogens is 1. The van der Waals surface area contributed by atoms with E-state index in [1.54, 1.807) is 19.1 Å². The summed E-state index contributed by atoms with van der Waals surface area (Å²) in [5, 5.41) is 2.98. The first-order chi connectivity index (χ1) is 12.4. The van der Waals surface area contributed by atoms with Crippen LogP contribution in [-0.4, -0.2) is 30.4 Å². The first kappa shape index (κ1) is 18.5. The third-order valence-electron chi connectivity index (χ3n) is 4.59. The zero-order valence-corrected chi connectivity index (χ0v) is 15.6. The summed E-state index contributed by atoms with van der Waals surface area (Å²) in [6.45, 7) is 3.92. The molecule has 1 aliphatic heterocycles. The summed E-state index contributed by atoms with van der Waals surface area (Å²) in [5.41, 5.74) is 1.64. The summed E-state index contributed by atoms with van der Waals surface area (Å²) in [7, 11) is 0. The highest BCUT2D eigenvalue weighted by Gasteiger charge is 2.39. The van der Waals surface area contributed by atoms with Crippen molar-refractivity contribution in [3.05, 3.63) is 34.4 Å². The third-order valence-corrected chi connectivity index (χ3v) is 4.90. The summed E-state index contributed by atoms with van der Waals surface area (Å²) >= 11 is 6.17. The zero-order chi connectivity index (χ0) is 18.8. The van der Waals surface area contributed by atoms with E-state index in [2.05, 4.69) is 5.32 Å². The molecule has 0 saturated heterocycles. The van der Waals surface area contributed by atoms with E-state index in [1.807, 2.05) is 6.92 Å². The molecule has 1 aromatic rings. The maximum absolute atomic E-state index is 12.7. The van der Waals surface area contributed by atoms with Crippen molar-refractivity contribution < 1.29 is 19.1 Å². The molecule has 0 radical (unpaired) electrons. The topological polar surface area (TPSA) is 75.7 Å². The molecule has 7 heteroatoms. The smallest absolute Gasteiger partial charge is 0.261 e. The van der Waals surface area contributed by atoms with Crippen molar-refractivity contribution >= 4 is 35.0 Å². The number of amides is 3. The summed E-state index contributed by atoms with van der Waals surface area (Å²) in [4.78, 5) is 38.4. The highest BCUT2D eigenvalue weighted by atomic mass is 35.5. The number of ether oxygens (including phenoxy) is 1. The second kappa shape index (κ2) is 7.50. The highest BCUT2D eigenvalue weighted by Crippen LogP contribution is 2.38. The summed E-state index contributed by atoms with van der Waals surface area (Å²) in [5.74, 6) is -0.544. The number of carbonyl (C=O) groups excluding carboxylic acids is 3. The van der Waals surface area contributed by atoms with Gasteiger partial charge < -0.3 is 10.1 Å². The minimum absolute atomic E-state index is 0.258. The number of nitrogens with zero attached hydrogens (tertiary/aromatic N) is 1. The van der Waals surface area contributed by atoms with Gasteiger partial charge in [0.1, 0.15) is 5.75 Å². The molecule has 1 atom stereocenters. The number of carbonyl (C=O) groups is 3. The molecule has 0 aromatic heterocycles. The number of benzene rings is 1. The van der Waals surface area contributed by atoms with Crippen LogP contribution in [0.25, 0.3) is 0 Å². The maximum atomic E-state index is 12.7. The van der Waals surface area contributed by atoms with Crippen LogP contribution in [0, 0.1) is 0 Å². The van der Waals surface area contributed by atoms with E-state index in [4.69, 9.17) is 16.3 Å². The third kappa shape index (κ3) is 3.33. The number of hydrogen-bond donors (Lipinski definition) is 1. The Labute approximate surface area is 157 Å². The molecular weight excluding hydrogens is 356 g/mol. The van der Waals surface area contributed by atoms with Crippen molar-refractivity contribution in [2.75, 3.05) is 11.4 Å². The minimum Gasteiger partial charge on any atom is -0.479 e. The fourth-order valence-corrected chi connectivity index (χ4v) is 3.42. The van der Waals surface area contributed by atoms with Gasteiger partial charge in [-0.2, -0.15) is 0 Å². The van der Waals surface area contributed by atoms with Crippen molar-refractivity contribution in [1.82, 2.24) is 5.32 Å². The monoisotopic (exact) mass is 376 g/mol. The number of hydrogen-bond acceptors (Lipinski definition) is 4. The van der Waals surface area contributed by atoms with Crippen LogP contribution < -0.4 is 15.0 Å². The van der Waals surface area contributed by atoms with Crippen LogP contribution in [0.2, 0.25) is 5.02 Å². The van der Waals surface area contributed by atoms with Gasteiger partial charge in [-0.1, -0.05) is 11.6 Å². The Balaban J connectivity index is 1.85. The standard InChI is InChI=1S/C19H21ClN2O4/c1-3-21-17(23)11(2)26-16-10-12(8-9-15(16)20)22-18(24)13-6-4-5-7-14(13)19(22)25/h8-11H,3-7H2,1-2H3,(H,21,23). The largest absolute Gasteiger partial charge is 0.479 e. The summed E-state index contributed by atoms with van der Waals surface area (Å²) < 4.78 is 5.64. The molecule has 0 spiro atoms. The lowest BCUT2D eigenvalue weighted by Gasteiger charge is -2.19. The van der Waals surface area contributed by atoms with E-state index in [-0.39, 0.29) is 23.5 Å². The number of likely N-dealkylation sites (N-methyl/N-ethyl adjacent to an activating group) is 1.